The molecule has 0 aliphatic carbocycles. The van der Waals surface area contributed by atoms with Crippen molar-refractivity contribution in [1.29, 1.82) is 0 Å². The summed E-state index contributed by atoms with van der Waals surface area (Å²) in [7, 11) is 0. The molecule has 3 rings (SSSR count). The number of thiocarbonyl (C=S) groups is 1. The maximum absolute atomic E-state index is 12.9. The first-order valence-corrected chi connectivity index (χ1v) is 10.3. The summed E-state index contributed by atoms with van der Waals surface area (Å²) in [4.78, 5) is 36.7. The molecule has 31 heavy (non-hydrogen) atoms. The van der Waals surface area contributed by atoms with Crippen LogP contribution in [-0.4, -0.2) is 43.6 Å². The Hall–Kier alpha value is -3.37. The van der Waals surface area contributed by atoms with Crippen LogP contribution in [-0.2, 0) is 9.59 Å². The van der Waals surface area contributed by atoms with Gasteiger partial charge in [0.25, 0.3) is 5.91 Å². The molecular weight excluding hydrogens is 442 g/mol. The summed E-state index contributed by atoms with van der Waals surface area (Å²) in [6.07, 6.45) is 0.999. The van der Waals surface area contributed by atoms with E-state index in [1.165, 1.54) is 23.1 Å². The van der Waals surface area contributed by atoms with E-state index in [0.717, 1.165) is 11.8 Å². The van der Waals surface area contributed by atoms with Crippen LogP contribution in [0.5, 0.6) is 11.5 Å². The largest absolute Gasteiger partial charge is 0.507 e. The Morgan fingerprint density at radius 1 is 1.19 bits per heavy atom. The molecule has 3 N–H and O–H groups in total. The quantitative estimate of drug-likeness (QED) is 0.419. The van der Waals surface area contributed by atoms with Gasteiger partial charge >= 0.3 is 11.9 Å². The van der Waals surface area contributed by atoms with Crippen molar-refractivity contribution in [1.82, 2.24) is 0 Å². The fourth-order valence-electron chi connectivity index (χ4n) is 2.79. The van der Waals surface area contributed by atoms with E-state index in [1.807, 2.05) is 0 Å². The van der Waals surface area contributed by atoms with Crippen molar-refractivity contribution in [2.45, 2.75) is 19.4 Å². The van der Waals surface area contributed by atoms with Gasteiger partial charge in [-0.1, -0.05) is 43.0 Å². The molecule has 1 fully saturated rings. The lowest BCUT2D eigenvalue weighted by molar-refractivity contribution is -0.145. The summed E-state index contributed by atoms with van der Waals surface area (Å²) in [5.41, 5.74) is 0.579. The van der Waals surface area contributed by atoms with E-state index in [0.29, 0.717) is 22.6 Å². The minimum atomic E-state index is -1.32. The van der Waals surface area contributed by atoms with Crippen molar-refractivity contribution in [2.24, 2.45) is 0 Å². The number of phenols is 1. The van der Waals surface area contributed by atoms with E-state index in [-0.39, 0.29) is 15.6 Å². The summed E-state index contributed by atoms with van der Waals surface area (Å²) < 4.78 is 5.64. The zero-order valence-corrected chi connectivity index (χ0v) is 17.8. The summed E-state index contributed by atoms with van der Waals surface area (Å²) in [5.74, 6) is -2.81. The number of aromatic hydroxyl groups is 1. The van der Waals surface area contributed by atoms with E-state index in [1.54, 1.807) is 37.3 Å². The molecule has 1 aliphatic rings. The first-order chi connectivity index (χ1) is 14.7. The predicted molar refractivity (Wildman–Crippen MR) is 120 cm³/mol. The Kier molecular flexibility index (Phi) is 6.62. The summed E-state index contributed by atoms with van der Waals surface area (Å²) in [6, 6.07) is 10.4. The number of carboxylic acids is 2. The number of carboxylic acid groups (broad SMARTS) is 2. The van der Waals surface area contributed by atoms with Gasteiger partial charge in [0.05, 0.1) is 10.6 Å². The Morgan fingerprint density at radius 2 is 1.87 bits per heavy atom. The second-order valence-corrected chi connectivity index (χ2v) is 8.12. The molecular formula is C21H17NO7S2. The van der Waals surface area contributed by atoms with Gasteiger partial charge in [-0.15, -0.1) is 0 Å². The number of anilines is 1. The molecule has 2 aromatic rings. The number of hydrogen-bond donors (Lipinski definition) is 3. The third kappa shape index (κ3) is 4.86. The number of benzene rings is 2. The lowest BCUT2D eigenvalue weighted by Crippen LogP contribution is -2.27. The highest BCUT2D eigenvalue weighted by Crippen LogP contribution is 2.37. The second-order valence-electron chi connectivity index (χ2n) is 6.45. The molecule has 2 aromatic carbocycles. The van der Waals surface area contributed by atoms with E-state index in [4.69, 9.17) is 22.1 Å². The molecule has 10 heteroatoms. The normalized spacial score (nSPS) is 15.9. The van der Waals surface area contributed by atoms with Gasteiger partial charge in [-0.2, -0.15) is 0 Å². The molecule has 1 aliphatic heterocycles. The number of aliphatic carboxylic acids is 1. The monoisotopic (exact) mass is 459 g/mol. The molecule has 160 valence electrons. The molecule has 0 spiro atoms. The highest BCUT2D eigenvalue weighted by Gasteiger charge is 2.34. The van der Waals surface area contributed by atoms with Gasteiger partial charge in [-0.05, 0) is 48.4 Å². The van der Waals surface area contributed by atoms with E-state index in [2.05, 4.69) is 0 Å². The van der Waals surface area contributed by atoms with Crippen molar-refractivity contribution < 1.29 is 34.4 Å². The van der Waals surface area contributed by atoms with Crippen molar-refractivity contribution in [3.63, 3.8) is 0 Å². The lowest BCUT2D eigenvalue weighted by atomic mass is 10.1. The van der Waals surface area contributed by atoms with Crippen LogP contribution in [0, 0.1) is 0 Å². The van der Waals surface area contributed by atoms with Crippen LogP contribution >= 0.6 is 24.0 Å². The SMILES string of the molecule is CCC(Oc1ccc(/C=C2\SC(=S)N(c3ccc(O)c(C(=O)O)c3)C2=O)cc1)C(=O)O. The number of carbonyl (C=O) groups is 3. The summed E-state index contributed by atoms with van der Waals surface area (Å²) in [6.45, 7) is 1.71. The van der Waals surface area contributed by atoms with E-state index in [9.17, 15) is 24.6 Å². The molecule has 8 nitrogen and oxygen atoms in total. The van der Waals surface area contributed by atoms with Crippen molar-refractivity contribution in [3.05, 3.63) is 58.5 Å². The Morgan fingerprint density at radius 3 is 2.45 bits per heavy atom. The Bertz CT molecular complexity index is 1100. The number of nitrogens with zero attached hydrogens (tertiary/aromatic N) is 1. The van der Waals surface area contributed by atoms with Gasteiger partial charge in [-0.3, -0.25) is 9.69 Å². The highest BCUT2D eigenvalue weighted by molar-refractivity contribution is 8.27. The van der Waals surface area contributed by atoms with Crippen LogP contribution in [0.25, 0.3) is 6.08 Å². The molecule has 0 aromatic heterocycles. The number of rotatable bonds is 7. The number of thioether (sulfide) groups is 1. The third-order valence-electron chi connectivity index (χ3n) is 4.36. The van der Waals surface area contributed by atoms with Crippen LogP contribution in [0.2, 0.25) is 0 Å². The first-order valence-electron chi connectivity index (χ1n) is 9.05. The zero-order chi connectivity index (χ0) is 22.7. The van der Waals surface area contributed by atoms with Crippen LogP contribution < -0.4 is 9.64 Å². The molecule has 1 saturated heterocycles. The molecule has 1 heterocycles. The number of carbonyl (C=O) groups excluding carboxylic acids is 1. The molecule has 1 atom stereocenters. The fourth-order valence-corrected chi connectivity index (χ4v) is 4.09. The highest BCUT2D eigenvalue weighted by atomic mass is 32.2. The van der Waals surface area contributed by atoms with Crippen LogP contribution in [0.15, 0.2) is 47.4 Å². The van der Waals surface area contributed by atoms with Crippen LogP contribution in [0.1, 0.15) is 29.3 Å². The Labute approximate surface area is 186 Å². The maximum atomic E-state index is 12.9. The van der Waals surface area contributed by atoms with Gasteiger partial charge in [0.1, 0.15) is 17.1 Å². The van der Waals surface area contributed by atoms with Crippen molar-refractivity contribution in [3.8, 4) is 11.5 Å². The van der Waals surface area contributed by atoms with Gasteiger partial charge in [0, 0.05) is 0 Å². The standard InChI is InChI=1S/C21H17NO7S2/c1-2-16(20(27)28)29-13-6-3-11(4-7-13)9-17-18(24)22(21(30)31-17)12-5-8-15(23)14(10-12)19(25)26/h3-10,16,23H,2H2,1H3,(H,25,26)(H,27,28)/b17-9-. The van der Waals surface area contributed by atoms with Gasteiger partial charge in [-0.25, -0.2) is 9.59 Å². The molecule has 0 saturated carbocycles. The molecule has 1 amide bonds. The van der Waals surface area contributed by atoms with Gasteiger partial charge in [0.15, 0.2) is 10.4 Å². The second kappa shape index (κ2) is 9.19. The number of hydrogen-bond acceptors (Lipinski definition) is 7. The predicted octanol–water partition coefficient (Wildman–Crippen LogP) is 3.74. The van der Waals surface area contributed by atoms with Gasteiger partial charge < -0.3 is 20.1 Å². The average molecular weight is 460 g/mol. The topological polar surface area (TPSA) is 124 Å². The van der Waals surface area contributed by atoms with E-state index >= 15 is 0 Å². The number of amides is 1. The lowest BCUT2D eigenvalue weighted by Gasteiger charge is -2.15. The van der Waals surface area contributed by atoms with E-state index < -0.39 is 29.7 Å². The average Bonchev–Trinajstić information content (AvgIpc) is 3.00. The molecule has 0 bridgehead atoms. The fraction of sp³-hybridized carbons (Fsp3) is 0.143. The van der Waals surface area contributed by atoms with Crippen molar-refractivity contribution in [2.75, 3.05) is 4.90 Å². The smallest absolute Gasteiger partial charge is 0.344 e. The third-order valence-corrected chi connectivity index (χ3v) is 5.67. The van der Waals surface area contributed by atoms with Crippen LogP contribution in [0.3, 0.4) is 0 Å². The minimum Gasteiger partial charge on any atom is -0.507 e. The zero-order valence-electron chi connectivity index (χ0n) is 16.1. The first kappa shape index (κ1) is 22.3. The van der Waals surface area contributed by atoms with Crippen molar-refractivity contribution >= 4 is 57.9 Å². The molecule has 1 unspecified atom stereocenters. The minimum absolute atomic E-state index is 0.227. The molecule has 0 radical (unpaired) electrons. The van der Waals surface area contributed by atoms with Crippen LogP contribution in [0.4, 0.5) is 5.69 Å². The number of aromatic carboxylic acids is 1. The summed E-state index contributed by atoms with van der Waals surface area (Å²) >= 11 is 6.34. The maximum Gasteiger partial charge on any atom is 0.344 e. The number of ether oxygens (including phenoxy) is 1. The van der Waals surface area contributed by atoms with Gasteiger partial charge in [0.2, 0.25) is 0 Å². The Balaban J connectivity index is 1.81. The summed E-state index contributed by atoms with van der Waals surface area (Å²) in [5, 5.41) is 27.9.